The van der Waals surface area contributed by atoms with E-state index in [4.69, 9.17) is 0 Å². The van der Waals surface area contributed by atoms with Gasteiger partial charge in [0.15, 0.2) is 0 Å². The smallest absolute Gasteiger partial charge is 0.0765 e. The molecule has 0 fully saturated rings. The lowest BCUT2D eigenvalue weighted by Gasteiger charge is -2.04. The summed E-state index contributed by atoms with van der Waals surface area (Å²) in [5.41, 5.74) is 1.65. The second-order valence-electron chi connectivity index (χ2n) is 2.51. The molecule has 0 aromatic rings. The second-order valence-corrected chi connectivity index (χ2v) is 2.51. The summed E-state index contributed by atoms with van der Waals surface area (Å²) in [5.74, 6) is 0. The predicted molar refractivity (Wildman–Crippen MR) is 71.7 cm³/mol. The van der Waals surface area contributed by atoms with Crippen LogP contribution in [0.2, 0.25) is 0 Å². The zero-order chi connectivity index (χ0) is 12.1. The van der Waals surface area contributed by atoms with Crippen LogP contribution in [0.5, 0.6) is 0 Å². The van der Waals surface area contributed by atoms with E-state index in [0.29, 0.717) is 5.70 Å². The largest absolute Gasteiger partial charge is 0.263 e. The first-order valence-corrected chi connectivity index (χ1v) is 5.21. The highest BCUT2D eigenvalue weighted by Crippen LogP contribution is 2.08. The van der Waals surface area contributed by atoms with Gasteiger partial charge in [0.05, 0.1) is 11.4 Å². The van der Waals surface area contributed by atoms with Crippen LogP contribution in [0.1, 0.15) is 33.6 Å². The van der Waals surface area contributed by atoms with Crippen LogP contribution in [0.25, 0.3) is 0 Å². The summed E-state index contributed by atoms with van der Waals surface area (Å²) >= 11 is 0. The van der Waals surface area contributed by atoms with Crippen molar-refractivity contribution in [1.82, 2.24) is 0 Å². The number of hydrogen-bond donors (Lipinski definition) is 0. The van der Waals surface area contributed by atoms with Crippen LogP contribution in [-0.4, -0.2) is 12.4 Å². The molecule has 0 saturated carbocycles. The summed E-state index contributed by atoms with van der Waals surface area (Å²) in [6.07, 6.45) is 7.54. The Hall–Kier alpha value is -1.44. The fourth-order valence-corrected chi connectivity index (χ4v) is 0.812. The molecule has 1 aliphatic rings. The molecule has 0 amide bonds. The van der Waals surface area contributed by atoms with Gasteiger partial charge in [-0.2, -0.15) is 0 Å². The van der Waals surface area contributed by atoms with Crippen molar-refractivity contribution < 1.29 is 0 Å². The summed E-state index contributed by atoms with van der Waals surface area (Å²) in [6.45, 7) is 16.3. The quantitative estimate of drug-likeness (QED) is 0.478. The first-order valence-electron chi connectivity index (χ1n) is 5.21. The Labute approximate surface area is 93.8 Å². The molecule has 1 heterocycles. The Kier molecular flexibility index (Phi) is 13.4. The van der Waals surface area contributed by atoms with E-state index in [0.717, 1.165) is 18.6 Å². The number of hydrogen-bond acceptors (Lipinski definition) is 2. The van der Waals surface area contributed by atoms with Crippen LogP contribution in [0.4, 0.5) is 0 Å². The van der Waals surface area contributed by atoms with Crippen molar-refractivity contribution >= 4 is 12.4 Å². The van der Waals surface area contributed by atoms with Crippen molar-refractivity contribution in [2.24, 2.45) is 9.98 Å². The average Bonchev–Trinajstić information content (AvgIpc) is 2.33. The van der Waals surface area contributed by atoms with Gasteiger partial charge in [-0.15, -0.1) is 6.58 Å². The summed E-state index contributed by atoms with van der Waals surface area (Å²) in [5, 5.41) is 0. The van der Waals surface area contributed by atoms with Crippen LogP contribution in [0.3, 0.4) is 0 Å². The fourth-order valence-electron chi connectivity index (χ4n) is 0.812. The van der Waals surface area contributed by atoms with Crippen molar-refractivity contribution in [3.05, 3.63) is 37.2 Å². The molecule has 2 heteroatoms. The Bertz CT molecular complexity index is 247. The maximum absolute atomic E-state index is 4.10. The van der Waals surface area contributed by atoms with Gasteiger partial charge in [0.1, 0.15) is 0 Å². The molecule has 0 aromatic heterocycles. The molecule has 15 heavy (non-hydrogen) atoms. The van der Waals surface area contributed by atoms with E-state index >= 15 is 0 Å². The number of nitrogens with zero attached hydrogens (tertiary/aromatic N) is 2. The Balaban J connectivity index is 0. The van der Waals surface area contributed by atoms with Gasteiger partial charge in [0, 0.05) is 6.20 Å². The molecule has 84 valence electrons. The Morgan fingerprint density at radius 1 is 1.53 bits per heavy atom. The van der Waals surface area contributed by atoms with Crippen molar-refractivity contribution in [3.8, 4) is 0 Å². The first-order chi connectivity index (χ1) is 7.26. The SMILES string of the molecule is C=CC.C=NC(=C)C1=NC=CCC1.CC. The molecule has 0 N–H and O–H groups in total. The van der Waals surface area contributed by atoms with Gasteiger partial charge < -0.3 is 0 Å². The van der Waals surface area contributed by atoms with Gasteiger partial charge in [-0.25, -0.2) is 0 Å². The van der Waals surface area contributed by atoms with E-state index in [1.165, 1.54) is 0 Å². The van der Waals surface area contributed by atoms with Gasteiger partial charge in [-0.3, -0.25) is 9.98 Å². The standard InChI is InChI=1S/C8H10N2.C3H6.C2H6/c1-7(9-2)8-5-3-4-6-10-8;1-3-2;1-2/h4,6H,1-3,5H2;3H,1H2,2H3;1-2H3. The number of rotatable bonds is 2. The van der Waals surface area contributed by atoms with E-state index in [-0.39, 0.29) is 0 Å². The second kappa shape index (κ2) is 12.6. The van der Waals surface area contributed by atoms with Gasteiger partial charge in [0.2, 0.25) is 0 Å². The molecule has 0 atom stereocenters. The Morgan fingerprint density at radius 3 is 2.40 bits per heavy atom. The van der Waals surface area contributed by atoms with E-state index in [1.807, 2.05) is 26.8 Å². The third-order valence-corrected chi connectivity index (χ3v) is 1.41. The summed E-state index contributed by atoms with van der Waals surface area (Å²) in [7, 11) is 0. The van der Waals surface area contributed by atoms with Crippen LogP contribution in [0.15, 0.2) is 47.2 Å². The highest BCUT2D eigenvalue weighted by Gasteiger charge is 2.02. The summed E-state index contributed by atoms with van der Waals surface area (Å²) < 4.78 is 0. The maximum atomic E-state index is 4.10. The lowest BCUT2D eigenvalue weighted by atomic mass is 10.1. The zero-order valence-corrected chi connectivity index (χ0v) is 10.2. The third-order valence-electron chi connectivity index (χ3n) is 1.41. The van der Waals surface area contributed by atoms with Gasteiger partial charge in [-0.1, -0.05) is 32.6 Å². The van der Waals surface area contributed by atoms with E-state index in [1.54, 1.807) is 12.3 Å². The van der Waals surface area contributed by atoms with Crippen LogP contribution >= 0.6 is 0 Å². The van der Waals surface area contributed by atoms with E-state index < -0.39 is 0 Å². The molecule has 1 rings (SSSR count). The maximum Gasteiger partial charge on any atom is 0.0765 e. The lowest BCUT2D eigenvalue weighted by molar-refractivity contribution is 1.05. The van der Waals surface area contributed by atoms with Crippen LogP contribution in [0, 0.1) is 0 Å². The number of allylic oxidation sites excluding steroid dienone is 3. The van der Waals surface area contributed by atoms with Crippen molar-refractivity contribution in [2.75, 3.05) is 0 Å². The van der Waals surface area contributed by atoms with Gasteiger partial charge >= 0.3 is 0 Å². The molecule has 2 nitrogen and oxygen atoms in total. The van der Waals surface area contributed by atoms with E-state index in [2.05, 4.69) is 29.9 Å². The lowest BCUT2D eigenvalue weighted by Crippen LogP contribution is -2.00. The van der Waals surface area contributed by atoms with Crippen molar-refractivity contribution in [1.29, 1.82) is 0 Å². The minimum absolute atomic E-state index is 0.698. The van der Waals surface area contributed by atoms with Crippen molar-refractivity contribution in [2.45, 2.75) is 33.6 Å². The molecule has 1 aliphatic heterocycles. The van der Waals surface area contributed by atoms with Gasteiger partial charge in [0.25, 0.3) is 0 Å². The third kappa shape index (κ3) is 8.88. The predicted octanol–water partition coefficient (Wildman–Crippen LogP) is 4.17. The monoisotopic (exact) mass is 206 g/mol. The first kappa shape index (κ1) is 16.0. The minimum Gasteiger partial charge on any atom is -0.263 e. The van der Waals surface area contributed by atoms with Crippen molar-refractivity contribution in [3.63, 3.8) is 0 Å². The normalized spacial score (nSPS) is 12.1. The van der Waals surface area contributed by atoms with Crippen LogP contribution < -0.4 is 0 Å². The molecular weight excluding hydrogens is 184 g/mol. The zero-order valence-electron chi connectivity index (χ0n) is 10.2. The van der Waals surface area contributed by atoms with E-state index in [9.17, 15) is 0 Å². The summed E-state index contributed by atoms with van der Waals surface area (Å²) in [4.78, 5) is 7.81. The topological polar surface area (TPSA) is 24.7 Å². The highest BCUT2D eigenvalue weighted by atomic mass is 14.8. The van der Waals surface area contributed by atoms with Gasteiger partial charge in [-0.05, 0) is 26.5 Å². The molecule has 0 aromatic carbocycles. The Morgan fingerprint density at radius 2 is 2.07 bits per heavy atom. The van der Waals surface area contributed by atoms with Crippen LogP contribution in [-0.2, 0) is 0 Å². The molecule has 0 spiro atoms. The fraction of sp³-hybridized carbons (Fsp3) is 0.385. The highest BCUT2D eigenvalue weighted by molar-refractivity contribution is 6.00. The molecule has 0 saturated heterocycles. The molecule has 0 aliphatic carbocycles. The average molecular weight is 206 g/mol. The number of aliphatic imine (C=N–C) groups is 2. The molecule has 0 radical (unpaired) electrons. The summed E-state index contributed by atoms with van der Waals surface area (Å²) in [6, 6.07) is 0. The molecule has 0 unspecified atom stereocenters. The molecular formula is C13H22N2. The minimum atomic E-state index is 0.698. The molecule has 0 bridgehead atoms.